The average Bonchev–Trinajstić information content (AvgIpc) is 3.25. The van der Waals surface area contributed by atoms with E-state index in [2.05, 4.69) is 231 Å². The van der Waals surface area contributed by atoms with Gasteiger partial charge in [0.15, 0.2) is 0 Å². The van der Waals surface area contributed by atoms with Gasteiger partial charge in [0.05, 0.1) is 0 Å². The normalized spacial score (nSPS) is 11.6. The molecule has 0 spiro atoms. The maximum atomic E-state index is 2.31. The van der Waals surface area contributed by atoms with E-state index in [1.807, 2.05) is 0 Å². The molecule has 0 heteroatoms. The van der Waals surface area contributed by atoms with Crippen LogP contribution in [0.5, 0.6) is 0 Å². The fourth-order valence-corrected chi connectivity index (χ4v) is 7.90. The van der Waals surface area contributed by atoms with Crippen molar-refractivity contribution < 1.29 is 0 Å². The molecule has 54 heavy (non-hydrogen) atoms. The van der Waals surface area contributed by atoms with Crippen molar-refractivity contribution in [3.8, 4) is 44.5 Å². The first kappa shape index (κ1) is 32.9. The third kappa shape index (κ3) is 6.36. The van der Waals surface area contributed by atoms with Crippen molar-refractivity contribution in [1.29, 1.82) is 0 Å². The Hall–Kier alpha value is -7.02. The lowest BCUT2D eigenvalue weighted by Crippen LogP contribution is -1.96. The van der Waals surface area contributed by atoms with Crippen molar-refractivity contribution in [1.82, 2.24) is 0 Å². The molecule has 0 aliphatic heterocycles. The molecule has 254 valence electrons. The van der Waals surface area contributed by atoms with Gasteiger partial charge >= 0.3 is 0 Å². The summed E-state index contributed by atoms with van der Waals surface area (Å²) in [5.74, 6) is 0. The van der Waals surface area contributed by atoms with Crippen molar-refractivity contribution in [2.75, 3.05) is 0 Å². The zero-order chi connectivity index (χ0) is 36.1. The Morgan fingerprint density at radius 2 is 0.537 bits per heavy atom. The van der Waals surface area contributed by atoms with Crippen LogP contribution in [0, 0.1) is 0 Å². The van der Waals surface area contributed by atoms with Crippen LogP contribution < -0.4 is 0 Å². The largest absolute Gasteiger partial charge is 0.0622 e. The number of hydrogen-bond donors (Lipinski definition) is 0. The Morgan fingerprint density at radius 3 is 0.889 bits per heavy atom. The van der Waals surface area contributed by atoms with Crippen LogP contribution >= 0.6 is 0 Å². The summed E-state index contributed by atoms with van der Waals surface area (Å²) < 4.78 is 0. The van der Waals surface area contributed by atoms with Gasteiger partial charge in [-0.3, -0.25) is 0 Å². The molecule has 0 bridgehead atoms. The van der Waals surface area contributed by atoms with Gasteiger partial charge in [0.25, 0.3) is 0 Å². The lowest BCUT2D eigenvalue weighted by atomic mass is 9.80. The fraction of sp³-hybridized carbons (Fsp3) is 0. The number of rotatable bonds is 8. The number of benzene rings is 9. The molecule has 0 aliphatic rings. The van der Waals surface area contributed by atoms with E-state index in [0.717, 1.165) is 0 Å². The van der Waals surface area contributed by atoms with Gasteiger partial charge in [-0.05, 0) is 88.3 Å². The number of fused-ring (bicyclic) bond motifs is 2. The maximum Gasteiger partial charge on any atom is -0.00199 e. The molecule has 0 N–H and O–H groups in total. The summed E-state index contributed by atoms with van der Waals surface area (Å²) in [6.45, 7) is 0. The first-order valence-corrected chi connectivity index (χ1v) is 18.6. The molecule has 0 saturated heterocycles. The van der Waals surface area contributed by atoms with Gasteiger partial charge in [0.1, 0.15) is 0 Å². The van der Waals surface area contributed by atoms with Crippen LogP contribution in [0.25, 0.3) is 90.4 Å². The van der Waals surface area contributed by atoms with E-state index in [1.165, 1.54) is 88.3 Å². The smallest absolute Gasteiger partial charge is 0.00199 e. The molecule has 0 saturated carbocycles. The lowest BCUT2D eigenvalue weighted by Gasteiger charge is -2.22. The molecular weight excluding hydrogens is 649 g/mol. The fourth-order valence-electron chi connectivity index (χ4n) is 7.90. The SMILES string of the molecule is C(=Cc1cccc(-c2c3ccccc3c(-c3cccc(C=Cc4ccccc4)c3-c3ccccc3)c3ccccc23)c1-c1ccccc1)c1ccccc1. The second-order valence-electron chi connectivity index (χ2n) is 13.6. The first-order chi connectivity index (χ1) is 26.8. The topological polar surface area (TPSA) is 0 Å². The molecule has 0 heterocycles. The highest BCUT2D eigenvalue weighted by molar-refractivity contribution is 6.24. The summed E-state index contributed by atoms with van der Waals surface area (Å²) in [5, 5.41) is 4.93. The summed E-state index contributed by atoms with van der Waals surface area (Å²) in [5.41, 5.74) is 14.5. The predicted molar refractivity (Wildman–Crippen MR) is 234 cm³/mol. The van der Waals surface area contributed by atoms with Crippen molar-refractivity contribution in [2.24, 2.45) is 0 Å². The zero-order valence-corrected chi connectivity index (χ0v) is 29.9. The summed E-state index contributed by atoms with van der Waals surface area (Å²) in [6, 6.07) is 74.3. The lowest BCUT2D eigenvalue weighted by molar-refractivity contribution is 1.57. The van der Waals surface area contributed by atoms with Crippen molar-refractivity contribution >= 4 is 45.8 Å². The minimum atomic E-state index is 1.18. The molecule has 0 fully saturated rings. The van der Waals surface area contributed by atoms with Gasteiger partial charge in [0.2, 0.25) is 0 Å². The van der Waals surface area contributed by atoms with Crippen LogP contribution in [-0.2, 0) is 0 Å². The Bertz CT molecular complexity index is 2520. The monoisotopic (exact) mass is 686 g/mol. The molecule has 0 nitrogen and oxygen atoms in total. The molecular formula is C54H38. The van der Waals surface area contributed by atoms with Gasteiger partial charge in [-0.15, -0.1) is 0 Å². The van der Waals surface area contributed by atoms with Gasteiger partial charge in [-0.25, -0.2) is 0 Å². The van der Waals surface area contributed by atoms with E-state index in [4.69, 9.17) is 0 Å². The van der Waals surface area contributed by atoms with Crippen LogP contribution in [0.4, 0.5) is 0 Å². The summed E-state index contributed by atoms with van der Waals surface area (Å²) in [7, 11) is 0. The predicted octanol–water partition coefficient (Wildman–Crippen LogP) is 15.0. The minimum absolute atomic E-state index is 1.18. The molecule has 0 aromatic heterocycles. The van der Waals surface area contributed by atoms with Crippen LogP contribution in [0.1, 0.15) is 22.3 Å². The highest BCUT2D eigenvalue weighted by atomic mass is 14.2. The molecule has 0 atom stereocenters. The quantitative estimate of drug-likeness (QED) is 0.110. The van der Waals surface area contributed by atoms with Crippen LogP contribution in [0.2, 0.25) is 0 Å². The second kappa shape index (κ2) is 14.9. The molecule has 0 amide bonds. The van der Waals surface area contributed by atoms with E-state index in [-0.39, 0.29) is 0 Å². The van der Waals surface area contributed by atoms with E-state index in [9.17, 15) is 0 Å². The molecule has 9 aromatic carbocycles. The van der Waals surface area contributed by atoms with Crippen LogP contribution in [0.3, 0.4) is 0 Å². The minimum Gasteiger partial charge on any atom is -0.0622 e. The molecule has 9 aromatic rings. The first-order valence-electron chi connectivity index (χ1n) is 18.6. The van der Waals surface area contributed by atoms with E-state index in [1.54, 1.807) is 0 Å². The second-order valence-corrected chi connectivity index (χ2v) is 13.6. The molecule has 0 aliphatic carbocycles. The van der Waals surface area contributed by atoms with E-state index in [0.29, 0.717) is 0 Å². The molecule has 0 radical (unpaired) electrons. The Kier molecular flexibility index (Phi) is 9.07. The molecule has 0 unspecified atom stereocenters. The van der Waals surface area contributed by atoms with E-state index >= 15 is 0 Å². The summed E-state index contributed by atoms with van der Waals surface area (Å²) in [4.78, 5) is 0. The van der Waals surface area contributed by atoms with Crippen molar-refractivity contribution in [3.63, 3.8) is 0 Å². The third-order valence-corrected chi connectivity index (χ3v) is 10.3. The highest BCUT2D eigenvalue weighted by Crippen LogP contribution is 2.49. The average molecular weight is 687 g/mol. The van der Waals surface area contributed by atoms with Gasteiger partial charge in [0, 0.05) is 0 Å². The molecule has 9 rings (SSSR count). The van der Waals surface area contributed by atoms with E-state index < -0.39 is 0 Å². The van der Waals surface area contributed by atoms with Gasteiger partial charge in [-0.1, -0.05) is 231 Å². The number of hydrogen-bond acceptors (Lipinski definition) is 0. The van der Waals surface area contributed by atoms with Crippen LogP contribution in [0.15, 0.2) is 206 Å². The van der Waals surface area contributed by atoms with Crippen molar-refractivity contribution in [2.45, 2.75) is 0 Å². The highest BCUT2D eigenvalue weighted by Gasteiger charge is 2.22. The third-order valence-electron chi connectivity index (χ3n) is 10.3. The summed E-state index contributed by atoms with van der Waals surface area (Å²) >= 11 is 0. The zero-order valence-electron chi connectivity index (χ0n) is 29.9. The maximum absolute atomic E-state index is 2.31. The Morgan fingerprint density at radius 1 is 0.222 bits per heavy atom. The van der Waals surface area contributed by atoms with Crippen molar-refractivity contribution in [3.05, 3.63) is 229 Å². The Labute approximate surface area is 317 Å². The standard InChI is InChI=1S/C54H38/c1-5-19-39(20-6-1)35-37-43-27-17-33-49(51(43)41-23-9-3-10-24-41)53-45-29-13-15-31-47(45)54(48-32-16-14-30-46(48)53)50-34-18-28-44(38-36-40-21-7-2-8-22-40)52(50)42-25-11-4-12-26-42/h1-38H. The van der Waals surface area contributed by atoms with Gasteiger partial charge < -0.3 is 0 Å². The summed E-state index contributed by atoms with van der Waals surface area (Å²) in [6.07, 6.45) is 8.96. The van der Waals surface area contributed by atoms with Gasteiger partial charge in [-0.2, -0.15) is 0 Å². The van der Waals surface area contributed by atoms with Crippen LogP contribution in [-0.4, -0.2) is 0 Å². The Balaban J connectivity index is 1.34.